The number of carboxylic acids is 4. The molecule has 1 saturated heterocycles. The predicted octanol–water partition coefficient (Wildman–Crippen LogP) is -3.40. The van der Waals surface area contributed by atoms with E-state index in [1.54, 1.807) is 0 Å². The molecule has 4 N–H and O–H groups in total. The maximum Gasteiger partial charge on any atom is 0.332 e. The molecule has 0 aromatic heterocycles. The first-order chi connectivity index (χ1) is 15.3. The standard InChI is InChI=1S/C18H30N2O12.3Na/c21-15(22)13(16(23)24)19-1-5-29-9-10-31-7-3-20(14(17(25)26)18(27)28)4-8-32-12-11-30-6-2-19;;;/h13-14H,1-12H2,(H,21,22)(H,23,24)(H,25,26)(H,27,28);;;. The van der Waals surface area contributed by atoms with Crippen LogP contribution in [0.25, 0.3) is 0 Å². The normalized spacial score (nSPS) is 18.1. The molecular weight excluding hydrogens is 505 g/mol. The van der Waals surface area contributed by atoms with Gasteiger partial charge < -0.3 is 39.4 Å². The third kappa shape index (κ3) is 17.0. The second-order valence-corrected chi connectivity index (χ2v) is 6.68. The molecular formula is C18H30N2Na3O12. The van der Waals surface area contributed by atoms with E-state index in [1.807, 2.05) is 0 Å². The van der Waals surface area contributed by atoms with Crippen LogP contribution in [-0.4, -0.2) is 234 Å². The fraction of sp³-hybridized carbons (Fsp3) is 0.778. The third-order valence-electron chi connectivity index (χ3n) is 4.50. The van der Waals surface area contributed by atoms with Crippen molar-refractivity contribution in [1.29, 1.82) is 0 Å². The Morgan fingerprint density at radius 3 is 0.829 bits per heavy atom. The average molecular weight is 535 g/mol. The summed E-state index contributed by atoms with van der Waals surface area (Å²) in [5.74, 6) is -5.96. The molecule has 35 heavy (non-hydrogen) atoms. The minimum absolute atomic E-state index is 0. The largest absolute Gasteiger partial charge is 0.480 e. The van der Waals surface area contributed by atoms with Gasteiger partial charge in [-0.05, 0) is 0 Å². The summed E-state index contributed by atoms with van der Waals surface area (Å²) in [6.07, 6.45) is 0. The molecule has 0 saturated carbocycles. The quantitative estimate of drug-likeness (QED) is 0.194. The number of hydrogen-bond acceptors (Lipinski definition) is 10. The first kappa shape index (κ1) is 40.1. The monoisotopic (exact) mass is 535 g/mol. The van der Waals surface area contributed by atoms with Crippen molar-refractivity contribution in [2.75, 3.05) is 79.0 Å². The molecule has 0 aliphatic carbocycles. The van der Waals surface area contributed by atoms with Crippen molar-refractivity contribution in [1.82, 2.24) is 9.80 Å². The Hall–Kier alpha value is 0.640. The second kappa shape index (κ2) is 23.7. The van der Waals surface area contributed by atoms with Crippen LogP contribution in [0.1, 0.15) is 0 Å². The molecule has 1 fully saturated rings. The summed E-state index contributed by atoms with van der Waals surface area (Å²) in [6.45, 7) is 0.854. The molecule has 0 aromatic carbocycles. The Bertz CT molecular complexity index is 532. The van der Waals surface area contributed by atoms with Crippen LogP contribution >= 0.6 is 0 Å². The van der Waals surface area contributed by atoms with Gasteiger partial charge in [0.05, 0.1) is 52.9 Å². The van der Waals surface area contributed by atoms with Gasteiger partial charge in [0.1, 0.15) is 0 Å². The molecule has 17 heteroatoms. The summed E-state index contributed by atoms with van der Waals surface area (Å²) in [7, 11) is 0. The van der Waals surface area contributed by atoms with Gasteiger partial charge in [0.2, 0.25) is 12.1 Å². The Balaban J connectivity index is -0.00000341. The van der Waals surface area contributed by atoms with Crippen LogP contribution < -0.4 is 0 Å². The molecule has 1 rings (SSSR count). The Morgan fingerprint density at radius 2 is 0.657 bits per heavy atom. The number of ether oxygens (including phenoxy) is 4. The molecule has 0 bridgehead atoms. The van der Waals surface area contributed by atoms with Crippen LogP contribution in [0.15, 0.2) is 0 Å². The minimum atomic E-state index is -1.73. The van der Waals surface area contributed by atoms with Crippen molar-refractivity contribution < 1.29 is 58.6 Å². The van der Waals surface area contributed by atoms with Crippen LogP contribution in [0.2, 0.25) is 0 Å². The smallest absolute Gasteiger partial charge is 0.332 e. The Labute approximate surface area is 269 Å². The number of nitrogens with zero attached hydrogens (tertiary/aromatic N) is 2. The van der Waals surface area contributed by atoms with Crippen molar-refractivity contribution in [3.63, 3.8) is 0 Å². The third-order valence-corrected chi connectivity index (χ3v) is 4.50. The summed E-state index contributed by atoms with van der Waals surface area (Å²) >= 11 is 0. The Kier molecular flexibility index (Phi) is 27.2. The summed E-state index contributed by atoms with van der Waals surface area (Å²) in [5.41, 5.74) is 0. The minimum Gasteiger partial charge on any atom is -0.480 e. The molecule has 0 unspecified atom stereocenters. The van der Waals surface area contributed by atoms with Crippen LogP contribution in [0.3, 0.4) is 0 Å². The summed E-state index contributed by atoms with van der Waals surface area (Å²) in [5, 5.41) is 36.8. The molecule has 1 aliphatic heterocycles. The van der Waals surface area contributed by atoms with Crippen molar-refractivity contribution >= 4 is 113 Å². The molecule has 0 aromatic rings. The maximum absolute atomic E-state index is 11.3. The number of aliphatic carboxylic acids is 4. The number of carboxylic acid groups (broad SMARTS) is 4. The Morgan fingerprint density at radius 1 is 0.457 bits per heavy atom. The molecule has 1 aliphatic rings. The van der Waals surface area contributed by atoms with Crippen molar-refractivity contribution in [2.45, 2.75) is 12.1 Å². The second-order valence-electron chi connectivity index (χ2n) is 6.68. The molecule has 0 spiro atoms. The van der Waals surface area contributed by atoms with E-state index in [0.717, 1.165) is 0 Å². The van der Waals surface area contributed by atoms with E-state index in [9.17, 15) is 39.6 Å². The number of hydrogen-bond donors (Lipinski definition) is 4. The molecule has 3 radical (unpaired) electrons. The van der Waals surface area contributed by atoms with E-state index in [0.29, 0.717) is 0 Å². The molecule has 0 amide bonds. The van der Waals surface area contributed by atoms with Gasteiger partial charge in [-0.15, -0.1) is 0 Å². The van der Waals surface area contributed by atoms with Gasteiger partial charge in [-0.2, -0.15) is 0 Å². The number of rotatable bonds is 6. The van der Waals surface area contributed by atoms with E-state index < -0.39 is 36.0 Å². The fourth-order valence-electron chi connectivity index (χ4n) is 2.95. The molecule has 187 valence electrons. The fourth-order valence-corrected chi connectivity index (χ4v) is 2.95. The first-order valence-electron chi connectivity index (χ1n) is 9.96. The van der Waals surface area contributed by atoms with Gasteiger partial charge in [0.15, 0.2) is 0 Å². The summed E-state index contributed by atoms with van der Waals surface area (Å²) < 4.78 is 21.4. The average Bonchev–Trinajstić information content (AvgIpc) is 2.69. The zero-order valence-corrected chi connectivity index (χ0v) is 26.6. The van der Waals surface area contributed by atoms with Crippen LogP contribution in [0.5, 0.6) is 0 Å². The van der Waals surface area contributed by atoms with Gasteiger partial charge in [-0.3, -0.25) is 9.80 Å². The van der Waals surface area contributed by atoms with E-state index in [4.69, 9.17) is 18.9 Å². The van der Waals surface area contributed by atoms with E-state index >= 15 is 0 Å². The first-order valence-corrected chi connectivity index (χ1v) is 9.96. The zero-order valence-electron chi connectivity index (χ0n) is 20.6. The van der Waals surface area contributed by atoms with Gasteiger partial charge in [-0.25, -0.2) is 19.2 Å². The summed E-state index contributed by atoms with van der Waals surface area (Å²) in [4.78, 5) is 47.7. The molecule has 1 heterocycles. The SMILES string of the molecule is O=C(O)C(C(=O)O)N1CCOCCOCCN(C(C(=O)O)C(=O)O)CCOCCOCC1.[Na].[Na].[Na]. The van der Waals surface area contributed by atoms with Gasteiger partial charge >= 0.3 is 23.9 Å². The predicted molar refractivity (Wildman–Crippen MR) is 122 cm³/mol. The van der Waals surface area contributed by atoms with Crippen molar-refractivity contribution in [3.05, 3.63) is 0 Å². The van der Waals surface area contributed by atoms with E-state index in [2.05, 4.69) is 0 Å². The number of carbonyl (C=O) groups is 4. The maximum atomic E-state index is 11.3. The molecule has 0 atom stereocenters. The van der Waals surface area contributed by atoms with E-state index in [1.165, 1.54) is 9.80 Å². The van der Waals surface area contributed by atoms with Crippen LogP contribution in [-0.2, 0) is 38.1 Å². The van der Waals surface area contributed by atoms with Crippen LogP contribution in [0, 0.1) is 0 Å². The van der Waals surface area contributed by atoms with Crippen molar-refractivity contribution in [2.24, 2.45) is 0 Å². The van der Waals surface area contributed by atoms with Crippen molar-refractivity contribution in [3.8, 4) is 0 Å². The summed E-state index contributed by atoms with van der Waals surface area (Å²) in [6, 6.07) is -3.47. The molecule has 14 nitrogen and oxygen atoms in total. The van der Waals surface area contributed by atoms with Crippen LogP contribution in [0.4, 0.5) is 0 Å². The van der Waals surface area contributed by atoms with E-state index in [-0.39, 0.29) is 168 Å². The zero-order chi connectivity index (χ0) is 23.9. The van der Waals surface area contributed by atoms with Gasteiger partial charge in [0, 0.05) is 115 Å². The topological polar surface area (TPSA) is 193 Å². The van der Waals surface area contributed by atoms with Gasteiger partial charge in [-0.1, -0.05) is 0 Å². The van der Waals surface area contributed by atoms with Gasteiger partial charge in [0.25, 0.3) is 0 Å².